The first-order chi connectivity index (χ1) is 9.42. The summed E-state index contributed by atoms with van der Waals surface area (Å²) in [6, 6.07) is 9.25. The summed E-state index contributed by atoms with van der Waals surface area (Å²) in [7, 11) is 0. The van der Waals surface area contributed by atoms with Crippen molar-refractivity contribution in [3.8, 4) is 0 Å². The highest BCUT2D eigenvalue weighted by atomic mass is 16.4. The summed E-state index contributed by atoms with van der Waals surface area (Å²) >= 11 is 0. The molecule has 0 saturated carbocycles. The summed E-state index contributed by atoms with van der Waals surface area (Å²) in [5.74, 6) is -1.02. The van der Waals surface area contributed by atoms with E-state index in [-0.39, 0.29) is 6.03 Å². The van der Waals surface area contributed by atoms with Crippen molar-refractivity contribution in [2.24, 2.45) is 0 Å². The maximum absolute atomic E-state index is 12.2. The molecule has 2 N–H and O–H groups in total. The Labute approximate surface area is 119 Å². The summed E-state index contributed by atoms with van der Waals surface area (Å²) in [6.07, 6.45) is 0.330. The highest BCUT2D eigenvalue weighted by Crippen LogP contribution is 2.11. The quantitative estimate of drug-likeness (QED) is 0.840. The van der Waals surface area contributed by atoms with E-state index in [0.29, 0.717) is 19.5 Å². The molecule has 1 aromatic carbocycles. The van der Waals surface area contributed by atoms with Crippen molar-refractivity contribution >= 4 is 12.0 Å². The molecule has 0 aliphatic carbocycles. The highest BCUT2D eigenvalue weighted by molar-refractivity contribution is 5.85. The van der Waals surface area contributed by atoms with Crippen LogP contribution in [0.4, 0.5) is 4.79 Å². The fourth-order valence-electron chi connectivity index (χ4n) is 1.74. The second kappa shape index (κ2) is 6.93. The minimum absolute atomic E-state index is 0.330. The van der Waals surface area contributed by atoms with Crippen molar-refractivity contribution in [2.75, 3.05) is 6.54 Å². The van der Waals surface area contributed by atoms with Gasteiger partial charge < -0.3 is 15.3 Å². The maximum Gasteiger partial charge on any atom is 0.329 e. The van der Waals surface area contributed by atoms with E-state index in [4.69, 9.17) is 0 Å². The number of rotatable bonds is 6. The SMILES string of the molecule is CCN(Cc1ccccc1)C(=O)NC(C)(CC)C(=O)O. The maximum atomic E-state index is 12.2. The Hall–Kier alpha value is -2.04. The van der Waals surface area contributed by atoms with Gasteiger partial charge in [0.2, 0.25) is 0 Å². The number of hydrogen-bond donors (Lipinski definition) is 2. The average molecular weight is 278 g/mol. The Balaban J connectivity index is 2.75. The van der Waals surface area contributed by atoms with Gasteiger partial charge in [0.25, 0.3) is 0 Å². The van der Waals surface area contributed by atoms with E-state index in [9.17, 15) is 14.7 Å². The van der Waals surface area contributed by atoms with Gasteiger partial charge in [-0.05, 0) is 25.8 Å². The Bertz CT molecular complexity index is 461. The van der Waals surface area contributed by atoms with Crippen LogP contribution in [0, 0.1) is 0 Å². The molecule has 0 bridgehead atoms. The van der Waals surface area contributed by atoms with Gasteiger partial charge in [-0.2, -0.15) is 0 Å². The van der Waals surface area contributed by atoms with Gasteiger partial charge in [0.05, 0.1) is 0 Å². The van der Waals surface area contributed by atoms with Crippen molar-refractivity contribution in [1.29, 1.82) is 0 Å². The van der Waals surface area contributed by atoms with Gasteiger partial charge in [-0.1, -0.05) is 37.3 Å². The zero-order valence-electron chi connectivity index (χ0n) is 12.2. The van der Waals surface area contributed by atoms with Crippen LogP contribution in [0.25, 0.3) is 0 Å². The fourth-order valence-corrected chi connectivity index (χ4v) is 1.74. The van der Waals surface area contributed by atoms with Crippen molar-refractivity contribution in [1.82, 2.24) is 10.2 Å². The van der Waals surface area contributed by atoms with Crippen LogP contribution in [-0.2, 0) is 11.3 Å². The predicted octanol–water partition coefficient (Wildman–Crippen LogP) is 2.47. The number of aliphatic carboxylic acids is 1. The van der Waals surface area contributed by atoms with Crippen LogP contribution < -0.4 is 5.32 Å². The molecule has 1 unspecified atom stereocenters. The number of carbonyl (C=O) groups excluding carboxylic acids is 1. The number of urea groups is 1. The summed E-state index contributed by atoms with van der Waals surface area (Å²) < 4.78 is 0. The molecule has 2 amide bonds. The van der Waals surface area contributed by atoms with E-state index in [1.165, 1.54) is 6.92 Å². The summed E-state index contributed by atoms with van der Waals surface area (Å²) in [5, 5.41) is 11.8. The second-order valence-corrected chi connectivity index (χ2v) is 4.92. The molecule has 0 spiro atoms. The lowest BCUT2D eigenvalue weighted by atomic mass is 10.00. The Kier molecular flexibility index (Phi) is 5.55. The van der Waals surface area contributed by atoms with Crippen LogP contribution in [0.3, 0.4) is 0 Å². The third-order valence-corrected chi connectivity index (χ3v) is 3.45. The van der Waals surface area contributed by atoms with Crippen LogP contribution in [0.2, 0.25) is 0 Å². The molecule has 5 nitrogen and oxygen atoms in total. The monoisotopic (exact) mass is 278 g/mol. The van der Waals surface area contributed by atoms with E-state index in [1.807, 2.05) is 37.3 Å². The zero-order valence-corrected chi connectivity index (χ0v) is 12.2. The number of amides is 2. The molecule has 0 aliphatic rings. The third-order valence-electron chi connectivity index (χ3n) is 3.45. The number of nitrogens with one attached hydrogen (secondary N) is 1. The van der Waals surface area contributed by atoms with Crippen LogP contribution in [-0.4, -0.2) is 34.1 Å². The van der Waals surface area contributed by atoms with Gasteiger partial charge in [-0.15, -0.1) is 0 Å². The van der Waals surface area contributed by atoms with E-state index < -0.39 is 11.5 Å². The lowest BCUT2D eigenvalue weighted by Crippen LogP contribution is -2.55. The van der Waals surface area contributed by atoms with Crippen molar-refractivity contribution < 1.29 is 14.7 Å². The molecule has 20 heavy (non-hydrogen) atoms. The van der Waals surface area contributed by atoms with Crippen LogP contribution in [0.15, 0.2) is 30.3 Å². The molecule has 0 saturated heterocycles. The Morgan fingerprint density at radius 2 is 1.85 bits per heavy atom. The minimum Gasteiger partial charge on any atom is -0.480 e. The number of benzene rings is 1. The first-order valence-electron chi connectivity index (χ1n) is 6.77. The Morgan fingerprint density at radius 3 is 2.30 bits per heavy atom. The molecule has 1 aromatic rings. The van der Waals surface area contributed by atoms with E-state index in [2.05, 4.69) is 5.32 Å². The van der Waals surface area contributed by atoms with Gasteiger partial charge in [0.15, 0.2) is 0 Å². The lowest BCUT2D eigenvalue weighted by molar-refractivity contribution is -0.143. The smallest absolute Gasteiger partial charge is 0.329 e. The molecule has 5 heteroatoms. The van der Waals surface area contributed by atoms with Gasteiger partial charge in [-0.25, -0.2) is 9.59 Å². The fraction of sp³-hybridized carbons (Fsp3) is 0.467. The van der Waals surface area contributed by atoms with Gasteiger partial charge in [-0.3, -0.25) is 0 Å². The predicted molar refractivity (Wildman–Crippen MR) is 77.4 cm³/mol. The van der Waals surface area contributed by atoms with Crippen molar-refractivity contribution in [3.63, 3.8) is 0 Å². The second-order valence-electron chi connectivity index (χ2n) is 4.92. The summed E-state index contributed by atoms with van der Waals surface area (Å²) in [5.41, 5.74) is -0.223. The molecular weight excluding hydrogens is 256 g/mol. The first-order valence-corrected chi connectivity index (χ1v) is 6.77. The highest BCUT2D eigenvalue weighted by Gasteiger charge is 2.33. The molecule has 1 atom stereocenters. The normalized spacial score (nSPS) is 13.3. The number of carboxylic acids is 1. The number of nitrogens with zero attached hydrogens (tertiary/aromatic N) is 1. The average Bonchev–Trinajstić information content (AvgIpc) is 2.45. The van der Waals surface area contributed by atoms with E-state index in [1.54, 1.807) is 11.8 Å². The molecule has 0 heterocycles. The van der Waals surface area contributed by atoms with Crippen LogP contribution >= 0.6 is 0 Å². The first kappa shape index (κ1) is 16.0. The minimum atomic E-state index is -1.23. The number of hydrogen-bond acceptors (Lipinski definition) is 2. The summed E-state index contributed by atoms with van der Waals surface area (Å²) in [4.78, 5) is 25.0. The molecule has 0 aromatic heterocycles. The largest absolute Gasteiger partial charge is 0.480 e. The molecular formula is C15H22N2O3. The van der Waals surface area contributed by atoms with Gasteiger partial charge >= 0.3 is 12.0 Å². The zero-order chi connectivity index (χ0) is 15.2. The number of carboxylic acid groups (broad SMARTS) is 1. The van der Waals surface area contributed by atoms with Gasteiger partial charge in [0.1, 0.15) is 5.54 Å². The number of carbonyl (C=O) groups is 2. The molecule has 0 radical (unpaired) electrons. The molecule has 110 valence electrons. The van der Waals surface area contributed by atoms with E-state index >= 15 is 0 Å². The Morgan fingerprint density at radius 1 is 1.25 bits per heavy atom. The van der Waals surface area contributed by atoms with Crippen molar-refractivity contribution in [3.05, 3.63) is 35.9 Å². The standard InChI is InChI=1S/C15H22N2O3/c1-4-15(3,13(18)19)16-14(20)17(5-2)11-12-9-7-6-8-10-12/h6-10H,4-5,11H2,1-3H3,(H,16,20)(H,18,19). The van der Waals surface area contributed by atoms with Gasteiger partial charge in [0, 0.05) is 13.1 Å². The molecule has 0 aliphatic heterocycles. The summed E-state index contributed by atoms with van der Waals surface area (Å²) in [6.45, 7) is 6.10. The van der Waals surface area contributed by atoms with Crippen LogP contribution in [0.5, 0.6) is 0 Å². The molecule has 0 fully saturated rings. The molecule has 1 rings (SSSR count). The topological polar surface area (TPSA) is 69.6 Å². The van der Waals surface area contributed by atoms with Crippen LogP contribution in [0.1, 0.15) is 32.8 Å². The third kappa shape index (κ3) is 3.98. The lowest BCUT2D eigenvalue weighted by Gasteiger charge is -2.29. The van der Waals surface area contributed by atoms with Crippen molar-refractivity contribution in [2.45, 2.75) is 39.3 Å². The van der Waals surface area contributed by atoms with E-state index in [0.717, 1.165) is 5.56 Å².